The third-order valence-electron chi connectivity index (χ3n) is 4.40. The number of nitro benzene ring substituents is 1. The van der Waals surface area contributed by atoms with Crippen LogP contribution in [0.2, 0.25) is 0 Å². The Balaban J connectivity index is 2.17. The number of piperidine rings is 1. The molecular formula is C16H24N2O3. The second kappa shape index (κ2) is 6.89. The molecule has 0 saturated carbocycles. The van der Waals surface area contributed by atoms with Crippen molar-refractivity contribution in [3.05, 3.63) is 33.9 Å². The molecule has 0 spiro atoms. The molecule has 0 aromatic heterocycles. The Bertz CT molecular complexity index is 494. The van der Waals surface area contributed by atoms with Gasteiger partial charge in [0.15, 0.2) is 0 Å². The highest BCUT2D eigenvalue weighted by molar-refractivity contribution is 5.58. The summed E-state index contributed by atoms with van der Waals surface area (Å²) in [7, 11) is 1.62. The summed E-state index contributed by atoms with van der Waals surface area (Å²) in [5.74, 6) is 1.51. The van der Waals surface area contributed by atoms with E-state index in [1.165, 1.54) is 12.8 Å². The molecule has 0 unspecified atom stereocenters. The Kier molecular flexibility index (Phi) is 5.17. The van der Waals surface area contributed by atoms with Gasteiger partial charge in [-0.15, -0.1) is 0 Å². The van der Waals surface area contributed by atoms with Gasteiger partial charge in [-0.3, -0.25) is 10.1 Å². The van der Waals surface area contributed by atoms with E-state index in [2.05, 4.69) is 18.7 Å². The number of benzene rings is 1. The first-order chi connectivity index (χ1) is 10.0. The second-order valence-electron chi connectivity index (χ2n) is 6.07. The number of hydrogen-bond acceptors (Lipinski definition) is 4. The monoisotopic (exact) mass is 292 g/mol. The summed E-state index contributed by atoms with van der Waals surface area (Å²) in [5.41, 5.74) is 2.10. The minimum absolute atomic E-state index is 0.128. The van der Waals surface area contributed by atoms with Gasteiger partial charge in [0.2, 0.25) is 0 Å². The number of methoxy groups -OCH3 is 1. The smallest absolute Gasteiger partial charge is 0.269 e. The lowest BCUT2D eigenvalue weighted by molar-refractivity contribution is -0.384. The molecule has 1 heterocycles. The Morgan fingerprint density at radius 2 is 2.05 bits per heavy atom. The Morgan fingerprint density at radius 3 is 2.57 bits per heavy atom. The first kappa shape index (κ1) is 15.8. The van der Waals surface area contributed by atoms with Gasteiger partial charge in [0.25, 0.3) is 5.69 Å². The zero-order chi connectivity index (χ0) is 15.4. The molecule has 0 atom stereocenters. The number of hydrogen-bond donors (Lipinski definition) is 0. The SMILES string of the molecule is COCc1cc([N+](=O)[O-])ccc1N1CCC(C(C)C)CC1. The first-order valence-corrected chi connectivity index (χ1v) is 7.54. The van der Waals surface area contributed by atoms with E-state index in [4.69, 9.17) is 4.74 Å². The van der Waals surface area contributed by atoms with Crippen molar-refractivity contribution in [3.8, 4) is 0 Å². The highest BCUT2D eigenvalue weighted by Crippen LogP contribution is 2.31. The summed E-state index contributed by atoms with van der Waals surface area (Å²) in [6.45, 7) is 6.99. The summed E-state index contributed by atoms with van der Waals surface area (Å²) < 4.78 is 5.20. The van der Waals surface area contributed by atoms with Crippen LogP contribution >= 0.6 is 0 Å². The highest BCUT2D eigenvalue weighted by atomic mass is 16.6. The van der Waals surface area contributed by atoms with Crippen molar-refractivity contribution in [1.29, 1.82) is 0 Å². The molecule has 5 nitrogen and oxygen atoms in total. The number of nitro groups is 1. The molecule has 1 aromatic carbocycles. The van der Waals surface area contributed by atoms with Crippen LogP contribution in [0, 0.1) is 22.0 Å². The van der Waals surface area contributed by atoms with Crippen LogP contribution in [-0.2, 0) is 11.3 Å². The van der Waals surface area contributed by atoms with Crippen LogP contribution in [0.5, 0.6) is 0 Å². The molecule has 0 aliphatic carbocycles. The fraction of sp³-hybridized carbons (Fsp3) is 0.625. The number of nitrogens with zero attached hydrogens (tertiary/aromatic N) is 2. The van der Waals surface area contributed by atoms with Gasteiger partial charge in [-0.1, -0.05) is 13.8 Å². The number of anilines is 1. The van der Waals surface area contributed by atoms with Crippen molar-refractivity contribution < 1.29 is 9.66 Å². The van der Waals surface area contributed by atoms with E-state index >= 15 is 0 Å². The minimum Gasteiger partial charge on any atom is -0.380 e. The molecule has 1 aliphatic heterocycles. The maximum absolute atomic E-state index is 10.9. The van der Waals surface area contributed by atoms with Gasteiger partial charge in [-0.05, 0) is 30.7 Å². The Hall–Kier alpha value is -1.62. The molecule has 5 heteroatoms. The van der Waals surface area contributed by atoms with E-state index in [0.717, 1.165) is 36.2 Å². The van der Waals surface area contributed by atoms with Crippen LogP contribution in [0.3, 0.4) is 0 Å². The van der Waals surface area contributed by atoms with Crippen molar-refractivity contribution in [3.63, 3.8) is 0 Å². The summed E-state index contributed by atoms with van der Waals surface area (Å²) >= 11 is 0. The predicted molar refractivity (Wildman–Crippen MR) is 83.6 cm³/mol. The van der Waals surface area contributed by atoms with Crippen LogP contribution in [0.4, 0.5) is 11.4 Å². The zero-order valence-electron chi connectivity index (χ0n) is 13.0. The van der Waals surface area contributed by atoms with Crippen LogP contribution in [0.1, 0.15) is 32.3 Å². The quantitative estimate of drug-likeness (QED) is 0.614. The molecule has 0 bridgehead atoms. The average Bonchev–Trinajstić information content (AvgIpc) is 2.47. The first-order valence-electron chi connectivity index (χ1n) is 7.54. The third-order valence-corrected chi connectivity index (χ3v) is 4.40. The van der Waals surface area contributed by atoms with Gasteiger partial charge in [-0.25, -0.2) is 0 Å². The lowest BCUT2D eigenvalue weighted by Crippen LogP contribution is -2.35. The fourth-order valence-electron chi connectivity index (χ4n) is 3.07. The molecule has 1 saturated heterocycles. The zero-order valence-corrected chi connectivity index (χ0v) is 13.0. The fourth-order valence-corrected chi connectivity index (χ4v) is 3.07. The molecule has 0 N–H and O–H groups in total. The Labute approximate surface area is 126 Å². The maximum Gasteiger partial charge on any atom is 0.269 e. The molecule has 0 radical (unpaired) electrons. The van der Waals surface area contributed by atoms with Gasteiger partial charge in [0.1, 0.15) is 0 Å². The normalized spacial score (nSPS) is 16.5. The van der Waals surface area contributed by atoms with Crippen molar-refractivity contribution in [1.82, 2.24) is 0 Å². The average molecular weight is 292 g/mol. The molecule has 1 aromatic rings. The van der Waals surface area contributed by atoms with Crippen molar-refractivity contribution in [2.75, 3.05) is 25.1 Å². The highest BCUT2D eigenvalue weighted by Gasteiger charge is 2.23. The third kappa shape index (κ3) is 3.73. The van der Waals surface area contributed by atoms with Gasteiger partial charge < -0.3 is 9.64 Å². The molecule has 1 fully saturated rings. The van der Waals surface area contributed by atoms with E-state index in [1.807, 2.05) is 6.07 Å². The van der Waals surface area contributed by atoms with Crippen molar-refractivity contribution >= 4 is 11.4 Å². The summed E-state index contributed by atoms with van der Waals surface area (Å²) in [6, 6.07) is 5.08. The summed E-state index contributed by atoms with van der Waals surface area (Å²) in [5, 5.41) is 10.9. The van der Waals surface area contributed by atoms with Crippen LogP contribution in [0.25, 0.3) is 0 Å². The largest absolute Gasteiger partial charge is 0.380 e. The number of rotatable bonds is 5. The standard InChI is InChI=1S/C16H24N2O3/c1-12(2)13-6-8-17(9-7-13)16-5-4-15(18(19)20)10-14(16)11-21-3/h4-5,10,12-13H,6-9,11H2,1-3H3. The lowest BCUT2D eigenvalue weighted by Gasteiger charge is -2.36. The number of ether oxygens (including phenoxy) is 1. The van der Waals surface area contributed by atoms with E-state index in [9.17, 15) is 10.1 Å². The van der Waals surface area contributed by atoms with Crippen molar-refractivity contribution in [2.24, 2.45) is 11.8 Å². The minimum atomic E-state index is -0.353. The van der Waals surface area contributed by atoms with Gasteiger partial charge >= 0.3 is 0 Å². The van der Waals surface area contributed by atoms with Crippen LogP contribution < -0.4 is 4.90 Å². The van der Waals surface area contributed by atoms with E-state index in [-0.39, 0.29) is 10.6 Å². The second-order valence-corrected chi connectivity index (χ2v) is 6.07. The van der Waals surface area contributed by atoms with Crippen molar-refractivity contribution in [2.45, 2.75) is 33.3 Å². The molecule has 2 rings (SSSR count). The summed E-state index contributed by atoms with van der Waals surface area (Å²) in [6.07, 6.45) is 2.36. The molecule has 1 aliphatic rings. The molecule has 21 heavy (non-hydrogen) atoms. The van der Waals surface area contributed by atoms with Crippen LogP contribution in [-0.4, -0.2) is 25.1 Å². The lowest BCUT2D eigenvalue weighted by atomic mass is 9.86. The maximum atomic E-state index is 10.9. The van der Waals surface area contributed by atoms with Gasteiger partial charge in [-0.2, -0.15) is 0 Å². The topological polar surface area (TPSA) is 55.6 Å². The molecular weight excluding hydrogens is 268 g/mol. The number of non-ortho nitro benzene ring substituents is 1. The van der Waals surface area contributed by atoms with Crippen LogP contribution in [0.15, 0.2) is 18.2 Å². The van der Waals surface area contributed by atoms with E-state index < -0.39 is 0 Å². The Morgan fingerprint density at radius 1 is 1.38 bits per heavy atom. The predicted octanol–water partition coefficient (Wildman–Crippen LogP) is 3.61. The summed E-state index contributed by atoms with van der Waals surface area (Å²) in [4.78, 5) is 12.9. The van der Waals surface area contributed by atoms with E-state index in [0.29, 0.717) is 6.61 Å². The molecule has 0 amide bonds. The van der Waals surface area contributed by atoms with Gasteiger partial charge in [0, 0.05) is 43.6 Å². The van der Waals surface area contributed by atoms with E-state index in [1.54, 1.807) is 19.2 Å². The van der Waals surface area contributed by atoms with Gasteiger partial charge in [0.05, 0.1) is 11.5 Å². The molecule has 116 valence electrons.